The minimum Gasteiger partial charge on any atom is -0.504 e. The van der Waals surface area contributed by atoms with Gasteiger partial charge in [0.2, 0.25) is 5.79 Å². The maximum Gasteiger partial charge on any atom is 0.207 e. The van der Waals surface area contributed by atoms with Crippen molar-refractivity contribution in [2.24, 2.45) is 5.92 Å². The summed E-state index contributed by atoms with van der Waals surface area (Å²) in [7, 11) is 0. The molecule has 4 fully saturated rings. The van der Waals surface area contributed by atoms with Gasteiger partial charge >= 0.3 is 0 Å². The average molecular weight is 385 g/mol. The van der Waals surface area contributed by atoms with E-state index in [-0.39, 0.29) is 11.8 Å². The fraction of sp³-hybridized carbons (Fsp3) is 0.727. The Morgan fingerprint density at radius 3 is 2.71 bits per heavy atom. The van der Waals surface area contributed by atoms with E-state index in [1.807, 2.05) is 6.07 Å². The number of hydrogen-bond donors (Lipinski definition) is 2. The van der Waals surface area contributed by atoms with Crippen molar-refractivity contribution >= 4 is 0 Å². The molecular weight excluding hydrogens is 358 g/mol. The number of rotatable bonds is 2. The summed E-state index contributed by atoms with van der Waals surface area (Å²) in [6.07, 6.45) is 5.14. The number of benzene rings is 1. The van der Waals surface area contributed by atoms with E-state index in [0.717, 1.165) is 37.4 Å². The summed E-state index contributed by atoms with van der Waals surface area (Å²) in [4.78, 5) is 2.54. The number of aliphatic hydroxyl groups is 1. The number of fused-ring (bicyclic) bond motifs is 1. The second kappa shape index (κ2) is 5.04. The van der Waals surface area contributed by atoms with Gasteiger partial charge in [0.1, 0.15) is 0 Å². The van der Waals surface area contributed by atoms with Crippen LogP contribution in [0, 0.1) is 5.92 Å². The topological polar surface area (TPSA) is 71.4 Å². The van der Waals surface area contributed by atoms with Crippen LogP contribution in [0.2, 0.25) is 0 Å². The molecule has 28 heavy (non-hydrogen) atoms. The zero-order valence-corrected chi connectivity index (χ0v) is 16.0. The van der Waals surface area contributed by atoms with Crippen molar-refractivity contribution < 1.29 is 24.4 Å². The summed E-state index contributed by atoms with van der Waals surface area (Å²) in [5, 5.41) is 22.9. The molecule has 1 aromatic carbocycles. The van der Waals surface area contributed by atoms with Gasteiger partial charge < -0.3 is 24.4 Å². The summed E-state index contributed by atoms with van der Waals surface area (Å²) in [6, 6.07) is 3.87. The summed E-state index contributed by atoms with van der Waals surface area (Å²) in [5.41, 5.74) is 0.792. The lowest BCUT2D eigenvalue weighted by Gasteiger charge is -2.65. The van der Waals surface area contributed by atoms with E-state index >= 15 is 0 Å². The fourth-order valence-electron chi connectivity index (χ4n) is 7.21. The Morgan fingerprint density at radius 2 is 1.93 bits per heavy atom. The number of aromatic hydroxyl groups is 1. The van der Waals surface area contributed by atoms with E-state index in [1.165, 1.54) is 18.4 Å². The Morgan fingerprint density at radius 1 is 1.11 bits per heavy atom. The minimum absolute atomic E-state index is 0.0923. The highest BCUT2D eigenvalue weighted by Gasteiger charge is 2.77. The third-order valence-corrected chi connectivity index (χ3v) is 8.54. The largest absolute Gasteiger partial charge is 0.504 e. The maximum atomic E-state index is 12.3. The van der Waals surface area contributed by atoms with Gasteiger partial charge in [-0.1, -0.05) is 6.07 Å². The average Bonchev–Trinajstić information content (AvgIpc) is 3.23. The van der Waals surface area contributed by atoms with Crippen molar-refractivity contribution in [1.29, 1.82) is 0 Å². The van der Waals surface area contributed by atoms with E-state index in [4.69, 9.17) is 14.2 Å². The Hall–Kier alpha value is -1.34. The molecule has 2 N–H and O–H groups in total. The van der Waals surface area contributed by atoms with Gasteiger partial charge in [0.05, 0.1) is 24.2 Å². The molecule has 7 rings (SSSR count). The van der Waals surface area contributed by atoms with E-state index in [9.17, 15) is 10.2 Å². The number of hydrogen-bond acceptors (Lipinski definition) is 6. The van der Waals surface area contributed by atoms with Crippen LogP contribution < -0.4 is 4.74 Å². The first-order chi connectivity index (χ1) is 13.6. The van der Waals surface area contributed by atoms with Crippen molar-refractivity contribution in [3.8, 4) is 11.5 Å². The van der Waals surface area contributed by atoms with Gasteiger partial charge in [0, 0.05) is 24.6 Å². The van der Waals surface area contributed by atoms with E-state index < -0.39 is 22.9 Å². The second-order valence-corrected chi connectivity index (χ2v) is 9.76. The highest BCUT2D eigenvalue weighted by molar-refractivity contribution is 5.62. The smallest absolute Gasteiger partial charge is 0.207 e. The molecule has 0 unspecified atom stereocenters. The number of phenols is 1. The molecular formula is C22H27NO5. The third kappa shape index (κ3) is 1.72. The molecule has 2 spiro atoms. The molecule has 4 atom stereocenters. The molecule has 0 amide bonds. The first-order valence-electron chi connectivity index (χ1n) is 10.8. The van der Waals surface area contributed by atoms with Crippen LogP contribution in [0.25, 0.3) is 0 Å². The van der Waals surface area contributed by atoms with Crippen molar-refractivity contribution in [2.45, 2.75) is 67.5 Å². The van der Waals surface area contributed by atoms with Crippen LogP contribution in [0.3, 0.4) is 0 Å². The van der Waals surface area contributed by atoms with Crippen LogP contribution in [0.5, 0.6) is 11.5 Å². The summed E-state index contributed by atoms with van der Waals surface area (Å²) >= 11 is 0. The van der Waals surface area contributed by atoms with E-state index in [2.05, 4.69) is 4.90 Å². The van der Waals surface area contributed by atoms with Gasteiger partial charge in [-0.05, 0) is 56.2 Å². The molecule has 6 aliphatic rings. The maximum absolute atomic E-state index is 12.3. The predicted molar refractivity (Wildman–Crippen MR) is 99.4 cm³/mol. The molecule has 0 radical (unpaired) electrons. The van der Waals surface area contributed by atoms with E-state index in [1.54, 1.807) is 6.07 Å². The van der Waals surface area contributed by atoms with Gasteiger partial charge in [0.25, 0.3) is 0 Å². The van der Waals surface area contributed by atoms with Crippen LogP contribution >= 0.6 is 0 Å². The van der Waals surface area contributed by atoms with Crippen molar-refractivity contribution in [1.82, 2.24) is 4.90 Å². The highest BCUT2D eigenvalue weighted by Crippen LogP contribution is 2.68. The quantitative estimate of drug-likeness (QED) is 0.808. The summed E-state index contributed by atoms with van der Waals surface area (Å²) < 4.78 is 18.8. The Labute approximate surface area is 164 Å². The SMILES string of the molecule is Oc1ccc2c3c1O[C@H]1C4(CC[C@@]5(O)[C@@H](C2)N(CC2CC2)CC[C@]315)OCCO4. The van der Waals surface area contributed by atoms with Gasteiger partial charge in [0.15, 0.2) is 17.6 Å². The Balaban J connectivity index is 1.45. The zero-order chi connectivity index (χ0) is 18.7. The van der Waals surface area contributed by atoms with Crippen molar-refractivity contribution in [3.05, 3.63) is 23.3 Å². The van der Waals surface area contributed by atoms with E-state index in [0.29, 0.717) is 31.8 Å². The molecule has 3 aliphatic heterocycles. The minimum atomic E-state index is -0.878. The van der Waals surface area contributed by atoms with Gasteiger partial charge in [-0.15, -0.1) is 0 Å². The lowest BCUT2D eigenvalue weighted by molar-refractivity contribution is -0.296. The number of likely N-dealkylation sites (tertiary alicyclic amines) is 1. The zero-order valence-electron chi connectivity index (χ0n) is 16.0. The molecule has 150 valence electrons. The molecule has 3 heterocycles. The van der Waals surface area contributed by atoms with Gasteiger partial charge in [-0.3, -0.25) is 4.90 Å². The Bertz CT molecular complexity index is 863. The molecule has 2 saturated heterocycles. The third-order valence-electron chi connectivity index (χ3n) is 8.54. The van der Waals surface area contributed by atoms with Crippen LogP contribution in [-0.2, 0) is 21.3 Å². The number of piperidine rings is 1. The normalized spacial score (nSPS) is 42.5. The van der Waals surface area contributed by atoms with Crippen LogP contribution in [0.4, 0.5) is 0 Å². The molecule has 1 aromatic rings. The standard InChI is InChI=1S/C22H27NO5/c24-15-4-3-14-11-16-21(25)5-6-22(26-9-10-27-22)19-20(21,17(14)18(15)28-19)7-8-23(16)12-13-1-2-13/h3-4,13,16,19,24-25H,1-2,5-12H2/t16-,19-,20+,21-/m1/s1. The van der Waals surface area contributed by atoms with Gasteiger partial charge in [-0.2, -0.15) is 0 Å². The second-order valence-electron chi connectivity index (χ2n) is 9.76. The molecule has 3 aliphatic carbocycles. The molecule has 6 nitrogen and oxygen atoms in total. The van der Waals surface area contributed by atoms with Crippen molar-refractivity contribution in [3.63, 3.8) is 0 Å². The number of phenolic OH excluding ortho intramolecular Hbond substituents is 1. The number of nitrogens with zero attached hydrogens (tertiary/aromatic N) is 1. The predicted octanol–water partition coefficient (Wildman–Crippen LogP) is 1.70. The van der Waals surface area contributed by atoms with Crippen LogP contribution in [-0.4, -0.2) is 65.0 Å². The van der Waals surface area contributed by atoms with Gasteiger partial charge in [-0.25, -0.2) is 0 Å². The lowest BCUT2D eigenvalue weighted by Crippen LogP contribution is -2.79. The highest BCUT2D eigenvalue weighted by atomic mass is 16.8. The molecule has 2 saturated carbocycles. The summed E-state index contributed by atoms with van der Waals surface area (Å²) in [5.74, 6) is 0.698. The fourth-order valence-corrected chi connectivity index (χ4v) is 7.21. The van der Waals surface area contributed by atoms with Crippen LogP contribution in [0.1, 0.15) is 43.2 Å². The lowest BCUT2D eigenvalue weighted by atomic mass is 9.48. The van der Waals surface area contributed by atoms with Crippen LogP contribution in [0.15, 0.2) is 12.1 Å². The number of ether oxygens (including phenoxy) is 3. The molecule has 0 aromatic heterocycles. The summed E-state index contributed by atoms with van der Waals surface area (Å²) in [6.45, 7) is 3.16. The van der Waals surface area contributed by atoms with Crippen molar-refractivity contribution in [2.75, 3.05) is 26.3 Å². The molecule has 2 bridgehead atoms. The first-order valence-corrected chi connectivity index (χ1v) is 10.8. The first kappa shape index (κ1) is 16.5. The Kier molecular flexibility index (Phi) is 2.96. The molecule has 6 heteroatoms. The monoisotopic (exact) mass is 385 g/mol.